The number of hydrogen-bond acceptors (Lipinski definition) is 7. The third kappa shape index (κ3) is 4.56. The van der Waals surface area contributed by atoms with E-state index >= 15 is 0 Å². The van der Waals surface area contributed by atoms with Crippen molar-refractivity contribution in [2.45, 2.75) is 13.0 Å². The van der Waals surface area contributed by atoms with Gasteiger partial charge in [0.15, 0.2) is 0 Å². The third-order valence-corrected chi connectivity index (χ3v) is 6.08. The molecule has 26 heavy (non-hydrogen) atoms. The Morgan fingerprint density at radius 3 is 2.46 bits per heavy atom. The van der Waals surface area contributed by atoms with Crippen molar-refractivity contribution in [2.75, 3.05) is 58.7 Å². The van der Waals surface area contributed by atoms with Crippen molar-refractivity contribution in [3.8, 4) is 0 Å². The Labute approximate surface area is 154 Å². The topological polar surface area (TPSA) is 95.9 Å². The molecule has 3 heterocycles. The molecule has 0 N–H and O–H groups in total. The van der Waals surface area contributed by atoms with Crippen molar-refractivity contribution in [1.29, 1.82) is 0 Å². The molecule has 2 fully saturated rings. The average Bonchev–Trinajstić information content (AvgIpc) is 2.56. The van der Waals surface area contributed by atoms with Crippen molar-refractivity contribution < 1.29 is 17.9 Å². The van der Waals surface area contributed by atoms with Crippen molar-refractivity contribution in [1.82, 2.24) is 24.1 Å². The van der Waals surface area contributed by atoms with Gasteiger partial charge in [-0.3, -0.25) is 9.69 Å². The first-order chi connectivity index (χ1) is 12.3. The van der Waals surface area contributed by atoms with E-state index in [2.05, 4.69) is 14.9 Å². The monoisotopic (exact) mass is 383 g/mol. The molecule has 1 aromatic heterocycles. The maximum absolute atomic E-state index is 12.4. The lowest BCUT2D eigenvalue weighted by molar-refractivity contribution is 0.0269. The number of rotatable bonds is 6. The number of ether oxygens (including phenoxy) is 1. The van der Waals surface area contributed by atoms with E-state index in [4.69, 9.17) is 4.74 Å². The standard InChI is InChI=1S/C16H25N5O4S/c1-13-17-9-14(10-18-13)16(22)20-11-15(12-20)21(26(2,23)24)4-3-19-5-7-25-8-6-19/h9-10,15H,3-8,11-12H2,1-2H3. The van der Waals surface area contributed by atoms with Crippen LogP contribution in [0.25, 0.3) is 0 Å². The quantitative estimate of drug-likeness (QED) is 0.635. The summed E-state index contributed by atoms with van der Waals surface area (Å²) in [5.74, 6) is 0.442. The van der Waals surface area contributed by atoms with E-state index in [1.165, 1.54) is 23.0 Å². The van der Waals surface area contributed by atoms with Gasteiger partial charge in [0, 0.05) is 51.7 Å². The normalized spacial score (nSPS) is 19.6. The molecule has 2 aliphatic rings. The summed E-state index contributed by atoms with van der Waals surface area (Å²) in [6, 6.07) is -0.179. The summed E-state index contributed by atoms with van der Waals surface area (Å²) in [7, 11) is -3.33. The van der Waals surface area contributed by atoms with Crippen molar-refractivity contribution in [2.24, 2.45) is 0 Å². The molecular weight excluding hydrogens is 358 g/mol. The van der Waals surface area contributed by atoms with Crippen molar-refractivity contribution >= 4 is 15.9 Å². The fourth-order valence-corrected chi connectivity index (χ4v) is 4.26. The van der Waals surface area contributed by atoms with Crippen LogP contribution in [0.15, 0.2) is 12.4 Å². The van der Waals surface area contributed by atoms with E-state index in [1.807, 2.05) is 0 Å². The Kier molecular flexibility index (Phi) is 5.86. The molecule has 0 atom stereocenters. The zero-order valence-corrected chi connectivity index (χ0v) is 16.0. The maximum Gasteiger partial charge on any atom is 0.257 e. The van der Waals surface area contributed by atoms with Gasteiger partial charge in [-0.2, -0.15) is 4.31 Å². The fraction of sp³-hybridized carbons (Fsp3) is 0.688. The molecule has 0 aliphatic carbocycles. The minimum Gasteiger partial charge on any atom is -0.379 e. The molecule has 1 amide bonds. The maximum atomic E-state index is 12.4. The zero-order valence-electron chi connectivity index (χ0n) is 15.2. The van der Waals surface area contributed by atoms with Gasteiger partial charge in [0.2, 0.25) is 10.0 Å². The van der Waals surface area contributed by atoms with Gasteiger partial charge >= 0.3 is 0 Å². The van der Waals surface area contributed by atoms with Gasteiger partial charge in [-0.1, -0.05) is 0 Å². The number of aryl methyl sites for hydroxylation is 1. The number of sulfonamides is 1. The van der Waals surface area contributed by atoms with Crippen LogP contribution in [0.3, 0.4) is 0 Å². The molecule has 3 rings (SSSR count). The van der Waals surface area contributed by atoms with E-state index in [9.17, 15) is 13.2 Å². The molecule has 0 bridgehead atoms. The summed E-state index contributed by atoms with van der Waals surface area (Å²) in [6.07, 6.45) is 4.24. The van der Waals surface area contributed by atoms with Crippen LogP contribution in [-0.2, 0) is 14.8 Å². The minimum atomic E-state index is -3.33. The highest BCUT2D eigenvalue weighted by Crippen LogP contribution is 2.20. The lowest BCUT2D eigenvalue weighted by Crippen LogP contribution is -2.63. The minimum absolute atomic E-state index is 0.164. The SMILES string of the molecule is Cc1ncc(C(=O)N2CC(N(CCN3CCOCC3)S(C)(=O)=O)C2)cn1. The van der Waals surface area contributed by atoms with E-state index < -0.39 is 10.0 Å². The van der Waals surface area contributed by atoms with Gasteiger partial charge < -0.3 is 9.64 Å². The highest BCUT2D eigenvalue weighted by molar-refractivity contribution is 7.88. The van der Waals surface area contributed by atoms with Gasteiger partial charge in [-0.05, 0) is 6.92 Å². The summed E-state index contributed by atoms with van der Waals surface area (Å²) in [6.45, 7) is 6.65. The van der Waals surface area contributed by atoms with Crippen LogP contribution in [0, 0.1) is 6.92 Å². The lowest BCUT2D eigenvalue weighted by atomic mass is 10.1. The van der Waals surface area contributed by atoms with Gasteiger partial charge in [-0.15, -0.1) is 0 Å². The Morgan fingerprint density at radius 1 is 1.27 bits per heavy atom. The van der Waals surface area contributed by atoms with Crippen LogP contribution in [0.4, 0.5) is 0 Å². The van der Waals surface area contributed by atoms with E-state index in [-0.39, 0.29) is 11.9 Å². The predicted molar refractivity (Wildman–Crippen MR) is 95.3 cm³/mol. The summed E-state index contributed by atoms with van der Waals surface area (Å²) in [5.41, 5.74) is 0.424. The summed E-state index contributed by atoms with van der Waals surface area (Å²) in [4.78, 5) is 24.3. The predicted octanol–water partition coefficient (Wildman–Crippen LogP) is -0.797. The first kappa shape index (κ1) is 19.2. The fourth-order valence-electron chi connectivity index (χ4n) is 3.17. The number of nitrogens with zero attached hydrogens (tertiary/aromatic N) is 5. The molecule has 10 heteroatoms. The molecule has 144 valence electrons. The number of aromatic nitrogens is 2. The summed E-state index contributed by atoms with van der Waals surface area (Å²) >= 11 is 0. The second-order valence-corrected chi connectivity index (χ2v) is 8.65. The van der Waals surface area contributed by atoms with Crippen LogP contribution in [0.2, 0.25) is 0 Å². The van der Waals surface area contributed by atoms with E-state index in [0.29, 0.717) is 50.8 Å². The Balaban J connectivity index is 1.56. The number of morpholine rings is 1. The van der Waals surface area contributed by atoms with Crippen molar-refractivity contribution in [3.63, 3.8) is 0 Å². The summed E-state index contributed by atoms with van der Waals surface area (Å²) < 4.78 is 31.2. The first-order valence-electron chi connectivity index (χ1n) is 8.69. The van der Waals surface area contributed by atoms with Crippen molar-refractivity contribution in [3.05, 3.63) is 23.8 Å². The van der Waals surface area contributed by atoms with Crippen LogP contribution in [0.1, 0.15) is 16.2 Å². The molecule has 2 saturated heterocycles. The zero-order chi connectivity index (χ0) is 18.7. The molecule has 2 aliphatic heterocycles. The first-order valence-corrected chi connectivity index (χ1v) is 10.5. The molecule has 9 nitrogen and oxygen atoms in total. The van der Waals surface area contributed by atoms with Gasteiger partial charge in [0.05, 0.1) is 31.1 Å². The van der Waals surface area contributed by atoms with Crippen LogP contribution >= 0.6 is 0 Å². The van der Waals surface area contributed by atoms with Crippen LogP contribution in [-0.4, -0.2) is 103 Å². The average molecular weight is 383 g/mol. The third-order valence-electron chi connectivity index (χ3n) is 4.75. The van der Waals surface area contributed by atoms with Gasteiger partial charge in [-0.25, -0.2) is 18.4 Å². The van der Waals surface area contributed by atoms with Crippen LogP contribution < -0.4 is 0 Å². The molecule has 0 radical (unpaired) electrons. The Bertz CT molecular complexity index is 728. The number of carbonyl (C=O) groups excluding carboxylic acids is 1. The molecule has 0 saturated carbocycles. The molecule has 0 aromatic carbocycles. The van der Waals surface area contributed by atoms with Gasteiger partial charge in [0.25, 0.3) is 5.91 Å². The number of hydrogen-bond donors (Lipinski definition) is 0. The lowest BCUT2D eigenvalue weighted by Gasteiger charge is -2.44. The molecule has 1 aromatic rings. The van der Waals surface area contributed by atoms with Gasteiger partial charge in [0.1, 0.15) is 5.82 Å². The summed E-state index contributed by atoms with van der Waals surface area (Å²) in [5, 5.41) is 0. The highest BCUT2D eigenvalue weighted by Gasteiger charge is 2.39. The molecule has 0 unspecified atom stereocenters. The van der Waals surface area contributed by atoms with Crippen LogP contribution in [0.5, 0.6) is 0 Å². The Hall–Kier alpha value is -1.62. The molecular formula is C16H25N5O4S. The number of amides is 1. The molecule has 0 spiro atoms. The number of likely N-dealkylation sites (tertiary alicyclic amines) is 1. The second-order valence-electron chi connectivity index (χ2n) is 6.71. The largest absolute Gasteiger partial charge is 0.379 e. The van der Waals surface area contributed by atoms with E-state index in [1.54, 1.807) is 11.8 Å². The van der Waals surface area contributed by atoms with E-state index in [0.717, 1.165) is 13.1 Å². The highest BCUT2D eigenvalue weighted by atomic mass is 32.2. The number of carbonyl (C=O) groups is 1. The smallest absolute Gasteiger partial charge is 0.257 e. The second kappa shape index (κ2) is 7.95. The Morgan fingerprint density at radius 2 is 1.88 bits per heavy atom.